The second kappa shape index (κ2) is 8.06. The Labute approximate surface area is 153 Å². The van der Waals surface area contributed by atoms with Gasteiger partial charge in [-0.25, -0.2) is 4.98 Å². The zero-order chi connectivity index (χ0) is 17.6. The number of nitriles is 1. The first-order valence-electron chi connectivity index (χ1n) is 8.43. The smallest absolute Gasteiger partial charge is 0.124 e. The Morgan fingerprint density at radius 2 is 1.92 bits per heavy atom. The second-order valence-corrected chi connectivity index (χ2v) is 7.02. The third kappa shape index (κ3) is 4.33. The third-order valence-corrected chi connectivity index (χ3v) is 4.94. The van der Waals surface area contributed by atoms with Gasteiger partial charge in [-0.1, -0.05) is 43.3 Å². The minimum atomic E-state index is 0.662. The Bertz CT molecular complexity index is 875. The molecule has 126 valence electrons. The van der Waals surface area contributed by atoms with Crippen LogP contribution in [0.5, 0.6) is 0 Å². The van der Waals surface area contributed by atoms with Gasteiger partial charge in [0.05, 0.1) is 17.3 Å². The maximum atomic E-state index is 9.04. The highest BCUT2D eigenvalue weighted by atomic mass is 32.1. The Hall–Kier alpha value is -2.48. The van der Waals surface area contributed by atoms with Crippen LogP contribution in [0, 0.1) is 11.3 Å². The summed E-state index contributed by atoms with van der Waals surface area (Å²) in [6.07, 6.45) is 1.17. The van der Waals surface area contributed by atoms with Crippen LogP contribution in [-0.4, -0.2) is 23.5 Å². The van der Waals surface area contributed by atoms with Crippen molar-refractivity contribution in [2.45, 2.75) is 19.9 Å². The minimum Gasteiger partial charge on any atom is -0.302 e. The molecular formula is C21H21N3S. The van der Waals surface area contributed by atoms with Gasteiger partial charge >= 0.3 is 0 Å². The van der Waals surface area contributed by atoms with Gasteiger partial charge in [-0.15, -0.1) is 11.3 Å². The van der Waals surface area contributed by atoms with E-state index < -0.39 is 0 Å². The van der Waals surface area contributed by atoms with E-state index in [2.05, 4.69) is 54.6 Å². The van der Waals surface area contributed by atoms with Crippen molar-refractivity contribution in [2.75, 3.05) is 13.6 Å². The molecule has 0 unspecified atom stereocenters. The van der Waals surface area contributed by atoms with Crippen LogP contribution in [-0.2, 0) is 6.54 Å². The Kier molecular flexibility index (Phi) is 5.60. The van der Waals surface area contributed by atoms with Gasteiger partial charge in [0.15, 0.2) is 0 Å². The lowest BCUT2D eigenvalue weighted by atomic mass is 10.1. The van der Waals surface area contributed by atoms with Crippen LogP contribution >= 0.6 is 11.3 Å². The summed E-state index contributed by atoms with van der Waals surface area (Å²) in [6.45, 7) is 4.28. The maximum absolute atomic E-state index is 9.04. The summed E-state index contributed by atoms with van der Waals surface area (Å²) in [6, 6.07) is 18.4. The minimum absolute atomic E-state index is 0.662. The van der Waals surface area contributed by atoms with Crippen molar-refractivity contribution in [3.05, 3.63) is 65.0 Å². The van der Waals surface area contributed by atoms with Gasteiger partial charge in [0, 0.05) is 23.1 Å². The van der Waals surface area contributed by atoms with Gasteiger partial charge in [0.25, 0.3) is 0 Å². The van der Waals surface area contributed by atoms with Gasteiger partial charge in [0.2, 0.25) is 0 Å². The average molecular weight is 347 g/mol. The molecule has 4 heteroatoms. The lowest BCUT2D eigenvalue weighted by Gasteiger charge is -2.15. The van der Waals surface area contributed by atoms with E-state index in [0.717, 1.165) is 34.9 Å². The lowest BCUT2D eigenvalue weighted by Crippen LogP contribution is -2.18. The molecule has 3 rings (SSSR count). The van der Waals surface area contributed by atoms with E-state index in [9.17, 15) is 0 Å². The Morgan fingerprint density at radius 3 is 2.64 bits per heavy atom. The number of nitrogens with zero attached hydrogens (tertiary/aromatic N) is 3. The van der Waals surface area contributed by atoms with Crippen molar-refractivity contribution >= 4 is 11.3 Å². The summed E-state index contributed by atoms with van der Waals surface area (Å²) in [5, 5.41) is 12.1. The largest absolute Gasteiger partial charge is 0.302 e. The molecule has 2 aromatic carbocycles. The predicted octanol–water partition coefficient (Wildman–Crippen LogP) is 5.19. The van der Waals surface area contributed by atoms with E-state index >= 15 is 0 Å². The van der Waals surface area contributed by atoms with Crippen molar-refractivity contribution in [1.82, 2.24) is 9.88 Å². The summed E-state index contributed by atoms with van der Waals surface area (Å²) in [5.74, 6) is 0. The van der Waals surface area contributed by atoms with Crippen molar-refractivity contribution in [3.63, 3.8) is 0 Å². The molecule has 3 nitrogen and oxygen atoms in total. The highest BCUT2D eigenvalue weighted by Gasteiger charge is 2.08. The molecule has 0 spiro atoms. The molecule has 3 aromatic rings. The van der Waals surface area contributed by atoms with Crippen molar-refractivity contribution < 1.29 is 0 Å². The highest BCUT2D eigenvalue weighted by molar-refractivity contribution is 7.13. The molecule has 1 aromatic heterocycles. The number of hydrogen-bond acceptors (Lipinski definition) is 4. The predicted molar refractivity (Wildman–Crippen MR) is 104 cm³/mol. The monoisotopic (exact) mass is 347 g/mol. The second-order valence-electron chi connectivity index (χ2n) is 6.17. The van der Waals surface area contributed by atoms with Crippen LogP contribution in [0.25, 0.3) is 21.8 Å². The lowest BCUT2D eigenvalue weighted by molar-refractivity contribution is 0.327. The SMILES string of the molecule is CCCN(C)Cc1ccc(-c2csc(-c3cccc(C#N)c3)n2)cc1. The zero-order valence-corrected chi connectivity index (χ0v) is 15.4. The summed E-state index contributed by atoms with van der Waals surface area (Å²) >= 11 is 1.61. The Balaban J connectivity index is 1.77. The van der Waals surface area contributed by atoms with Crippen LogP contribution in [0.4, 0.5) is 0 Å². The molecule has 0 radical (unpaired) electrons. The van der Waals surface area contributed by atoms with Crippen molar-refractivity contribution in [3.8, 4) is 27.9 Å². The molecule has 0 bridgehead atoms. The first kappa shape index (κ1) is 17.3. The zero-order valence-electron chi connectivity index (χ0n) is 14.6. The number of rotatable bonds is 6. The van der Waals surface area contributed by atoms with Gasteiger partial charge in [-0.3, -0.25) is 0 Å². The third-order valence-electron chi connectivity index (χ3n) is 4.05. The van der Waals surface area contributed by atoms with Crippen LogP contribution in [0.1, 0.15) is 24.5 Å². The first-order valence-corrected chi connectivity index (χ1v) is 9.31. The fourth-order valence-corrected chi connectivity index (χ4v) is 3.64. The van der Waals surface area contributed by atoms with Crippen molar-refractivity contribution in [2.24, 2.45) is 0 Å². The fourth-order valence-electron chi connectivity index (χ4n) is 2.81. The quantitative estimate of drug-likeness (QED) is 0.616. The maximum Gasteiger partial charge on any atom is 0.124 e. The van der Waals surface area contributed by atoms with Crippen molar-refractivity contribution in [1.29, 1.82) is 5.26 Å². The summed E-state index contributed by atoms with van der Waals surface area (Å²) in [4.78, 5) is 7.08. The Morgan fingerprint density at radius 1 is 1.12 bits per heavy atom. The number of thiazole rings is 1. The van der Waals surface area contributed by atoms with E-state index in [0.29, 0.717) is 5.56 Å². The topological polar surface area (TPSA) is 39.9 Å². The van der Waals surface area contributed by atoms with E-state index in [-0.39, 0.29) is 0 Å². The average Bonchev–Trinajstić information content (AvgIpc) is 3.13. The van der Waals surface area contributed by atoms with Gasteiger partial charge in [-0.05, 0) is 37.7 Å². The summed E-state index contributed by atoms with van der Waals surface area (Å²) in [5.41, 5.74) is 5.08. The van der Waals surface area contributed by atoms with Crippen LogP contribution in [0.15, 0.2) is 53.9 Å². The van der Waals surface area contributed by atoms with E-state index in [4.69, 9.17) is 10.2 Å². The molecule has 0 fully saturated rings. The fraction of sp³-hybridized carbons (Fsp3) is 0.238. The molecule has 0 aliphatic carbocycles. The molecule has 25 heavy (non-hydrogen) atoms. The molecule has 0 aliphatic rings. The molecule has 0 atom stereocenters. The standard InChI is InChI=1S/C21H21N3S/c1-3-11-24(2)14-16-7-9-18(10-8-16)20-15-25-21(23-20)19-6-4-5-17(12-19)13-22/h4-10,12,15H,3,11,14H2,1-2H3. The molecule has 0 saturated carbocycles. The van der Waals surface area contributed by atoms with Gasteiger partial charge in [-0.2, -0.15) is 5.26 Å². The molecule has 0 aliphatic heterocycles. The highest BCUT2D eigenvalue weighted by Crippen LogP contribution is 2.29. The molecule has 0 saturated heterocycles. The molecule has 0 N–H and O–H groups in total. The van der Waals surface area contributed by atoms with Crippen LogP contribution in [0.2, 0.25) is 0 Å². The first-order chi connectivity index (χ1) is 12.2. The van der Waals surface area contributed by atoms with Crippen LogP contribution < -0.4 is 0 Å². The van der Waals surface area contributed by atoms with Gasteiger partial charge < -0.3 is 4.90 Å². The van der Waals surface area contributed by atoms with E-state index in [1.165, 1.54) is 12.0 Å². The van der Waals surface area contributed by atoms with E-state index in [1.807, 2.05) is 24.3 Å². The van der Waals surface area contributed by atoms with Crippen LogP contribution in [0.3, 0.4) is 0 Å². The number of hydrogen-bond donors (Lipinski definition) is 0. The van der Waals surface area contributed by atoms with E-state index in [1.54, 1.807) is 11.3 Å². The normalized spacial score (nSPS) is 10.8. The number of aromatic nitrogens is 1. The summed E-state index contributed by atoms with van der Waals surface area (Å²) < 4.78 is 0. The molecular weight excluding hydrogens is 326 g/mol. The van der Waals surface area contributed by atoms with Gasteiger partial charge in [0.1, 0.15) is 5.01 Å². The number of benzene rings is 2. The summed E-state index contributed by atoms with van der Waals surface area (Å²) in [7, 11) is 2.15. The molecule has 0 amide bonds. The molecule has 1 heterocycles.